The molecule has 4 aliphatic carbocycles. The summed E-state index contributed by atoms with van der Waals surface area (Å²) < 4.78 is 50.9. The highest BCUT2D eigenvalue weighted by molar-refractivity contribution is 7.92. The molecule has 0 aliphatic heterocycles. The highest BCUT2D eigenvalue weighted by Gasteiger charge is 2.42. The maximum Gasteiger partial charge on any atom is 0.311 e. The number of sulfone groups is 1. The molecule has 4 saturated carbocycles. The van der Waals surface area contributed by atoms with Crippen molar-refractivity contribution in [1.29, 1.82) is 0 Å². The standard InChI is InChI=1S/C18H24N4O4S.C10H20N2O2S.C7H4ClN3O2/c1-2-12-7-11(10-27(25,26)13-3-4-13)8-15(12)21-17-14-5-6-19-18(14)20-9-16(17)22(23)24;1-2-7-5-8(6-10(7)11)12-15(13,14)9-3-4-9;8-6-4-1-2-9-7(4)10-3-5(6)11(12)13/h5-6,9,11-13,15H,2-4,7-8,10H2,1H3,(H2,19,20,21);7-10,12H,2-6,11H2,1H3;1-3H,(H,9,10)/t11?,12-,15+;7-,8?,10?;/m11./s1. The zero-order chi connectivity index (χ0) is 39.7. The SMILES string of the molecule is CC[C@@H]1CC(CS(=O)(=O)C2CC2)C[C@@H]1Nc1c([N+](=O)[O-])cnc2[nH]ccc12.CC[C@@H]1CC(NS(=O)(=O)C2CC2)CC1N.O=[N+]([O-])c1cnc2[nH]ccc2c1Cl. The molecule has 3 unspecified atom stereocenters. The lowest BCUT2D eigenvalue weighted by Crippen LogP contribution is -2.36. The summed E-state index contributed by atoms with van der Waals surface area (Å²) in [7, 11) is -6.03. The van der Waals surface area contributed by atoms with Crippen LogP contribution in [0.4, 0.5) is 17.1 Å². The number of rotatable bonds is 12. The van der Waals surface area contributed by atoms with Gasteiger partial charge in [-0.25, -0.2) is 31.5 Å². The Kier molecular flexibility index (Phi) is 12.4. The van der Waals surface area contributed by atoms with E-state index in [1.54, 1.807) is 24.5 Å². The van der Waals surface area contributed by atoms with Gasteiger partial charge in [0.25, 0.3) is 0 Å². The molecule has 6 N–H and O–H groups in total. The van der Waals surface area contributed by atoms with E-state index >= 15 is 0 Å². The van der Waals surface area contributed by atoms with Gasteiger partial charge >= 0.3 is 11.4 Å². The molecule has 6 atom stereocenters. The number of pyridine rings is 2. The molecular weight excluding hydrogens is 774 g/mol. The van der Waals surface area contributed by atoms with Crippen LogP contribution in [-0.2, 0) is 19.9 Å². The first-order valence-electron chi connectivity index (χ1n) is 18.7. The van der Waals surface area contributed by atoms with Crippen LogP contribution in [0.5, 0.6) is 0 Å². The molecule has 0 saturated heterocycles. The van der Waals surface area contributed by atoms with Gasteiger partial charge in [-0.1, -0.05) is 38.3 Å². The van der Waals surface area contributed by atoms with Crippen molar-refractivity contribution in [1.82, 2.24) is 24.7 Å². The summed E-state index contributed by atoms with van der Waals surface area (Å²) in [4.78, 5) is 34.7. The Morgan fingerprint density at radius 1 is 0.836 bits per heavy atom. The topological polar surface area (TPSA) is 262 Å². The predicted molar refractivity (Wildman–Crippen MR) is 211 cm³/mol. The van der Waals surface area contributed by atoms with E-state index in [9.17, 15) is 37.1 Å². The largest absolute Gasteiger partial charge is 0.376 e. The van der Waals surface area contributed by atoms with E-state index in [1.807, 2.05) is 0 Å². The van der Waals surface area contributed by atoms with Crippen LogP contribution < -0.4 is 15.8 Å². The number of fused-ring (bicyclic) bond motifs is 2. The number of aromatic nitrogens is 4. The van der Waals surface area contributed by atoms with E-state index < -0.39 is 29.7 Å². The third-order valence-electron chi connectivity index (χ3n) is 11.2. The highest BCUT2D eigenvalue weighted by atomic mass is 35.5. The van der Waals surface area contributed by atoms with Crippen LogP contribution in [0.2, 0.25) is 5.02 Å². The van der Waals surface area contributed by atoms with Crippen LogP contribution in [0.15, 0.2) is 36.9 Å². The normalized spacial score (nSPS) is 25.2. The van der Waals surface area contributed by atoms with E-state index in [1.165, 1.54) is 6.20 Å². The molecule has 0 bridgehead atoms. The number of anilines is 1. The second-order valence-electron chi connectivity index (χ2n) is 15.1. The van der Waals surface area contributed by atoms with E-state index in [-0.39, 0.29) is 56.7 Å². The fraction of sp³-hybridized carbons (Fsp3) is 0.600. The summed E-state index contributed by atoms with van der Waals surface area (Å²) in [5, 5.41) is 26.5. The molecular formula is C35H48ClN9O8S2. The summed E-state index contributed by atoms with van der Waals surface area (Å²) in [6.45, 7) is 4.20. The second-order valence-corrected chi connectivity index (χ2v) is 19.8. The molecule has 4 aromatic heterocycles. The quantitative estimate of drug-likeness (QED) is 0.0817. The van der Waals surface area contributed by atoms with Gasteiger partial charge in [-0.2, -0.15) is 0 Å². The van der Waals surface area contributed by atoms with Crippen LogP contribution in [-0.4, -0.2) is 81.0 Å². The monoisotopic (exact) mass is 821 g/mol. The van der Waals surface area contributed by atoms with E-state index in [2.05, 4.69) is 43.8 Å². The summed E-state index contributed by atoms with van der Waals surface area (Å²) >= 11 is 5.78. The molecule has 20 heteroatoms. The molecule has 4 fully saturated rings. The van der Waals surface area contributed by atoms with Crippen molar-refractivity contribution in [2.24, 2.45) is 23.5 Å². The minimum atomic E-state index is -3.03. The predicted octanol–water partition coefficient (Wildman–Crippen LogP) is 5.97. The smallest absolute Gasteiger partial charge is 0.311 e. The van der Waals surface area contributed by atoms with E-state index in [4.69, 9.17) is 17.3 Å². The van der Waals surface area contributed by atoms with Gasteiger partial charge in [0.1, 0.15) is 34.4 Å². The lowest BCUT2D eigenvalue weighted by atomic mass is 10.00. The number of sulfonamides is 1. The first-order valence-corrected chi connectivity index (χ1v) is 22.4. The molecule has 55 heavy (non-hydrogen) atoms. The molecule has 300 valence electrons. The number of halogens is 1. The zero-order valence-electron chi connectivity index (χ0n) is 30.7. The van der Waals surface area contributed by atoms with Gasteiger partial charge in [0.15, 0.2) is 9.84 Å². The number of H-pyrrole nitrogens is 2. The highest BCUT2D eigenvalue weighted by Crippen LogP contribution is 2.41. The number of nitrogens with one attached hydrogen (secondary N) is 4. The lowest BCUT2D eigenvalue weighted by molar-refractivity contribution is -0.384. The molecule has 0 amide bonds. The van der Waals surface area contributed by atoms with Crippen molar-refractivity contribution in [2.45, 2.75) is 107 Å². The average molecular weight is 822 g/mol. The number of hydrogen-bond acceptors (Lipinski definition) is 12. The average Bonchev–Trinajstić information content (AvgIpc) is 4.00. The number of aromatic amines is 2. The Bertz CT molecular complexity index is 2240. The number of nitro groups is 2. The van der Waals surface area contributed by atoms with Crippen LogP contribution >= 0.6 is 11.6 Å². The van der Waals surface area contributed by atoms with Gasteiger partial charge in [-0.15, -0.1) is 0 Å². The van der Waals surface area contributed by atoms with Gasteiger partial charge in [-0.05, 0) is 81.3 Å². The Labute approximate surface area is 324 Å². The fourth-order valence-corrected chi connectivity index (χ4v) is 11.8. The molecule has 17 nitrogen and oxygen atoms in total. The molecule has 4 aliphatic rings. The minimum Gasteiger partial charge on any atom is -0.376 e. The van der Waals surface area contributed by atoms with Crippen LogP contribution in [0.3, 0.4) is 0 Å². The van der Waals surface area contributed by atoms with E-state index in [0.29, 0.717) is 39.6 Å². The Morgan fingerprint density at radius 3 is 1.98 bits per heavy atom. The van der Waals surface area contributed by atoms with Crippen molar-refractivity contribution in [3.05, 3.63) is 62.2 Å². The third kappa shape index (κ3) is 9.56. The molecule has 0 radical (unpaired) electrons. The van der Waals surface area contributed by atoms with Gasteiger partial charge in [-0.3, -0.25) is 20.2 Å². The fourth-order valence-electron chi connectivity index (χ4n) is 7.89. The summed E-state index contributed by atoms with van der Waals surface area (Å²) in [6.07, 6.45) is 14.2. The number of nitrogens with zero attached hydrogens (tertiary/aromatic N) is 4. The number of nitrogens with two attached hydrogens (primary N) is 1. The molecule has 0 aromatic carbocycles. The van der Waals surface area contributed by atoms with E-state index in [0.717, 1.165) is 70.4 Å². The van der Waals surface area contributed by atoms with Gasteiger partial charge in [0.05, 0.1) is 26.1 Å². The summed E-state index contributed by atoms with van der Waals surface area (Å²) in [5.41, 5.74) is 7.36. The molecule has 0 spiro atoms. The first-order chi connectivity index (χ1) is 26.1. The number of hydrogen-bond donors (Lipinski definition) is 5. The molecule has 4 aromatic rings. The van der Waals surface area contributed by atoms with Crippen molar-refractivity contribution >= 4 is 70.6 Å². The van der Waals surface area contributed by atoms with Gasteiger partial charge in [0.2, 0.25) is 10.0 Å². The minimum absolute atomic E-state index is 0.0219. The van der Waals surface area contributed by atoms with Crippen molar-refractivity contribution in [3.63, 3.8) is 0 Å². The molecule has 8 rings (SSSR count). The Hall–Kier alpha value is -3.91. The summed E-state index contributed by atoms with van der Waals surface area (Å²) in [5.74, 6) is 1.13. The van der Waals surface area contributed by atoms with Gasteiger partial charge in [0, 0.05) is 41.3 Å². The summed E-state index contributed by atoms with van der Waals surface area (Å²) in [6, 6.07) is 3.70. The lowest BCUT2D eigenvalue weighted by Gasteiger charge is -2.21. The second kappa shape index (κ2) is 16.7. The molecule has 4 heterocycles. The van der Waals surface area contributed by atoms with Crippen LogP contribution in [0.25, 0.3) is 22.1 Å². The Balaban J connectivity index is 0.000000155. The first kappa shape index (κ1) is 40.7. The van der Waals surface area contributed by atoms with Crippen molar-refractivity contribution in [3.8, 4) is 0 Å². The van der Waals surface area contributed by atoms with Crippen molar-refractivity contribution < 1.29 is 26.7 Å². The van der Waals surface area contributed by atoms with Crippen molar-refractivity contribution in [2.75, 3.05) is 11.1 Å². The maximum atomic E-state index is 12.4. The van der Waals surface area contributed by atoms with Gasteiger partial charge < -0.3 is 21.0 Å². The van der Waals surface area contributed by atoms with Crippen LogP contribution in [0, 0.1) is 38.0 Å². The Morgan fingerprint density at radius 2 is 1.42 bits per heavy atom. The third-order valence-corrected chi connectivity index (χ3v) is 16.0. The zero-order valence-corrected chi connectivity index (χ0v) is 33.1. The van der Waals surface area contributed by atoms with Crippen LogP contribution in [0.1, 0.15) is 78.1 Å². The maximum absolute atomic E-state index is 12.4.